The van der Waals surface area contributed by atoms with Gasteiger partial charge >= 0.3 is 5.97 Å². The summed E-state index contributed by atoms with van der Waals surface area (Å²) in [6, 6.07) is 8.62. The van der Waals surface area contributed by atoms with Crippen molar-refractivity contribution in [1.29, 1.82) is 5.26 Å². The van der Waals surface area contributed by atoms with E-state index in [1.54, 1.807) is 36.5 Å². The molecule has 1 aliphatic heterocycles. The highest BCUT2D eigenvalue weighted by Gasteiger charge is 2.31. The number of hydrogen-bond donors (Lipinski definition) is 2. The van der Waals surface area contributed by atoms with E-state index in [0.29, 0.717) is 5.69 Å². The second kappa shape index (κ2) is 3.78. The number of amidine groups is 1. The molecule has 7 nitrogen and oxygen atoms in total. The van der Waals surface area contributed by atoms with E-state index in [4.69, 9.17) is 10.4 Å². The van der Waals surface area contributed by atoms with E-state index in [1.165, 1.54) is 5.01 Å². The fourth-order valence-corrected chi connectivity index (χ4v) is 1.29. The fraction of sp³-hybridized carbons (Fsp3) is 0. The number of anilines is 1. The van der Waals surface area contributed by atoms with E-state index >= 15 is 0 Å². The topological polar surface area (TPSA) is 92.0 Å². The van der Waals surface area contributed by atoms with E-state index in [2.05, 4.69) is 10.6 Å². The summed E-state index contributed by atoms with van der Waals surface area (Å²) in [5.41, 5.74) is 2.83. The van der Waals surface area contributed by atoms with Crippen LogP contribution in [0.3, 0.4) is 0 Å². The largest absolute Gasteiger partial charge is 0.475 e. The molecule has 0 amide bonds. The summed E-state index contributed by atoms with van der Waals surface area (Å²) in [6.45, 7) is 0. The molecule has 1 aromatic carbocycles. The van der Waals surface area contributed by atoms with E-state index in [0.717, 1.165) is 5.12 Å². The number of nitriles is 1. The third-order valence-corrected chi connectivity index (χ3v) is 1.94. The van der Waals surface area contributed by atoms with Gasteiger partial charge in [0.1, 0.15) is 0 Å². The highest BCUT2D eigenvalue weighted by molar-refractivity contribution is 6.40. The van der Waals surface area contributed by atoms with Crippen LogP contribution in [0.2, 0.25) is 0 Å². The number of nitrogens with zero attached hydrogens (tertiary/aromatic N) is 4. The van der Waals surface area contributed by atoms with Gasteiger partial charge in [0.15, 0.2) is 0 Å². The van der Waals surface area contributed by atoms with Crippen molar-refractivity contribution < 1.29 is 9.90 Å². The first-order valence-electron chi connectivity index (χ1n) is 4.35. The van der Waals surface area contributed by atoms with Crippen molar-refractivity contribution in [3.05, 3.63) is 30.3 Å². The second-order valence-corrected chi connectivity index (χ2v) is 2.90. The Kier molecular flexibility index (Phi) is 2.31. The highest BCUT2D eigenvalue weighted by atomic mass is 16.4. The molecule has 16 heavy (non-hydrogen) atoms. The summed E-state index contributed by atoms with van der Waals surface area (Å²) in [7, 11) is 0. The summed E-state index contributed by atoms with van der Waals surface area (Å²) in [4.78, 5) is 10.9. The minimum absolute atomic E-state index is 0.257. The van der Waals surface area contributed by atoms with Crippen LogP contribution in [-0.2, 0) is 4.79 Å². The van der Waals surface area contributed by atoms with Gasteiger partial charge in [0, 0.05) is 0 Å². The number of carboxylic acids is 1. The van der Waals surface area contributed by atoms with Crippen molar-refractivity contribution in [3.8, 4) is 6.19 Å². The van der Waals surface area contributed by atoms with Crippen molar-refractivity contribution in [2.75, 3.05) is 5.01 Å². The Labute approximate surface area is 90.7 Å². The van der Waals surface area contributed by atoms with Crippen LogP contribution in [0.4, 0.5) is 5.69 Å². The zero-order valence-corrected chi connectivity index (χ0v) is 8.03. The lowest BCUT2D eigenvalue weighted by Crippen LogP contribution is -2.44. The smallest absolute Gasteiger partial charge is 0.375 e. The van der Waals surface area contributed by atoms with Crippen molar-refractivity contribution >= 4 is 17.5 Å². The fourth-order valence-electron chi connectivity index (χ4n) is 1.29. The third-order valence-electron chi connectivity index (χ3n) is 1.94. The summed E-state index contributed by atoms with van der Waals surface area (Å²) in [5.74, 6) is -1.47. The van der Waals surface area contributed by atoms with E-state index < -0.39 is 5.97 Å². The van der Waals surface area contributed by atoms with Crippen LogP contribution in [0.5, 0.6) is 0 Å². The molecule has 80 valence electrons. The molecule has 0 radical (unpaired) electrons. The number of nitrogens with one attached hydrogen (secondary N) is 1. The molecule has 1 aromatic rings. The second-order valence-electron chi connectivity index (χ2n) is 2.90. The standard InChI is InChI=1S/C9H7N5O2/c10-6-13-12-11-8(9(15)16)14(13)7-4-2-1-3-5-7/h1-5,12H,(H,15,16). The first kappa shape index (κ1) is 9.79. The molecule has 0 bridgehead atoms. The number of hydrazone groups is 1. The van der Waals surface area contributed by atoms with E-state index in [1.807, 2.05) is 0 Å². The molecule has 2 N–H and O–H groups in total. The molecular formula is C9H7N5O2. The predicted molar refractivity (Wildman–Crippen MR) is 54.6 cm³/mol. The first-order valence-corrected chi connectivity index (χ1v) is 4.35. The average molecular weight is 217 g/mol. The van der Waals surface area contributed by atoms with Crippen molar-refractivity contribution in [3.63, 3.8) is 0 Å². The molecule has 0 unspecified atom stereocenters. The Morgan fingerprint density at radius 3 is 2.69 bits per heavy atom. The van der Waals surface area contributed by atoms with Crippen molar-refractivity contribution in [1.82, 2.24) is 10.7 Å². The number of para-hydroxylation sites is 1. The molecule has 0 atom stereocenters. The van der Waals surface area contributed by atoms with Gasteiger partial charge in [-0.2, -0.15) is 15.8 Å². The molecule has 0 saturated heterocycles. The Bertz CT molecular complexity index is 478. The lowest BCUT2D eigenvalue weighted by atomic mass is 10.3. The molecule has 2 rings (SSSR count). The molecule has 0 saturated carbocycles. The normalized spacial score (nSPS) is 14.1. The summed E-state index contributed by atoms with van der Waals surface area (Å²) >= 11 is 0. The van der Waals surface area contributed by atoms with Crippen LogP contribution in [-0.4, -0.2) is 22.0 Å². The SMILES string of the molecule is N#CN1NN=C(C(=O)O)N1c1ccccc1. The lowest BCUT2D eigenvalue weighted by Gasteiger charge is -2.22. The van der Waals surface area contributed by atoms with Crippen LogP contribution in [0, 0.1) is 11.5 Å². The van der Waals surface area contributed by atoms with Gasteiger partial charge in [-0.1, -0.05) is 18.2 Å². The number of hydrazine groups is 2. The van der Waals surface area contributed by atoms with Gasteiger partial charge < -0.3 is 5.11 Å². The number of carbonyl (C=O) groups is 1. The number of carboxylic acid groups (broad SMARTS) is 1. The number of rotatable bonds is 2. The molecular weight excluding hydrogens is 210 g/mol. The van der Waals surface area contributed by atoms with Gasteiger partial charge in [-0.15, -0.1) is 10.2 Å². The van der Waals surface area contributed by atoms with Crippen LogP contribution in [0.1, 0.15) is 0 Å². The minimum atomic E-state index is -1.21. The molecule has 0 aliphatic carbocycles. The molecule has 0 aromatic heterocycles. The monoisotopic (exact) mass is 217 g/mol. The van der Waals surface area contributed by atoms with E-state index in [-0.39, 0.29) is 5.84 Å². The third kappa shape index (κ3) is 1.48. The maximum atomic E-state index is 10.9. The Morgan fingerprint density at radius 1 is 1.44 bits per heavy atom. The Balaban J connectivity index is 2.40. The molecule has 1 heterocycles. The number of aliphatic carboxylic acids is 1. The van der Waals surface area contributed by atoms with Crippen LogP contribution in [0.15, 0.2) is 35.4 Å². The minimum Gasteiger partial charge on any atom is -0.475 e. The van der Waals surface area contributed by atoms with Crippen LogP contribution < -0.4 is 10.5 Å². The zero-order valence-electron chi connectivity index (χ0n) is 8.03. The maximum Gasteiger partial charge on any atom is 0.375 e. The summed E-state index contributed by atoms with van der Waals surface area (Å²) in [6.07, 6.45) is 1.77. The van der Waals surface area contributed by atoms with Gasteiger partial charge in [0.2, 0.25) is 6.19 Å². The first-order chi connectivity index (χ1) is 7.74. The predicted octanol–water partition coefficient (Wildman–Crippen LogP) is 0.107. The Morgan fingerprint density at radius 2 is 2.12 bits per heavy atom. The molecule has 0 fully saturated rings. The summed E-state index contributed by atoms with van der Waals surface area (Å²) in [5, 5.41) is 23.4. The summed E-state index contributed by atoms with van der Waals surface area (Å²) < 4.78 is 0. The van der Waals surface area contributed by atoms with Gasteiger partial charge in [0.05, 0.1) is 5.69 Å². The molecule has 7 heteroatoms. The van der Waals surface area contributed by atoms with Gasteiger partial charge in [-0.25, -0.2) is 4.79 Å². The van der Waals surface area contributed by atoms with Gasteiger partial charge in [-0.3, -0.25) is 0 Å². The highest BCUT2D eigenvalue weighted by Crippen LogP contribution is 2.18. The van der Waals surface area contributed by atoms with E-state index in [9.17, 15) is 4.79 Å². The number of benzene rings is 1. The quantitative estimate of drug-likeness (QED) is 0.683. The average Bonchev–Trinajstić information content (AvgIpc) is 2.73. The van der Waals surface area contributed by atoms with Gasteiger partial charge in [0.25, 0.3) is 5.84 Å². The van der Waals surface area contributed by atoms with Crippen LogP contribution >= 0.6 is 0 Å². The maximum absolute atomic E-state index is 10.9. The lowest BCUT2D eigenvalue weighted by molar-refractivity contribution is -0.129. The van der Waals surface area contributed by atoms with Crippen molar-refractivity contribution in [2.24, 2.45) is 5.10 Å². The Hall–Kier alpha value is -2.75. The van der Waals surface area contributed by atoms with Gasteiger partial charge in [-0.05, 0) is 12.1 Å². The van der Waals surface area contributed by atoms with Crippen molar-refractivity contribution in [2.45, 2.75) is 0 Å². The van der Waals surface area contributed by atoms with Crippen LogP contribution in [0.25, 0.3) is 0 Å². The molecule has 0 spiro atoms. The number of hydrogen-bond acceptors (Lipinski definition) is 6. The zero-order chi connectivity index (χ0) is 11.5. The molecule has 1 aliphatic rings.